The maximum absolute atomic E-state index is 3.03. The first kappa shape index (κ1) is 12.8. The molecule has 1 N–H and O–H groups in total. The van der Waals surface area contributed by atoms with Crippen LogP contribution in [0.4, 0.5) is 5.69 Å². The average molecular weight is 234 g/mol. The van der Waals surface area contributed by atoms with Gasteiger partial charge in [-0.25, -0.2) is 0 Å². The van der Waals surface area contributed by atoms with Gasteiger partial charge in [-0.2, -0.15) is 0 Å². The summed E-state index contributed by atoms with van der Waals surface area (Å²) in [4.78, 5) is 0. The number of anilines is 1. The molecule has 0 bridgehead atoms. The van der Waals surface area contributed by atoms with E-state index in [1.54, 1.807) is 0 Å². The molecular weight excluding hydrogens is 225 g/mol. The van der Waals surface area contributed by atoms with Crippen molar-refractivity contribution < 1.29 is 38.6 Å². The van der Waals surface area contributed by atoms with Gasteiger partial charge in [0.05, 0.1) is 0 Å². The molecule has 0 heterocycles. The summed E-state index contributed by atoms with van der Waals surface area (Å²) in [5, 5.41) is 3.03. The summed E-state index contributed by atoms with van der Waals surface area (Å²) in [5.74, 6) is 0. The molecule has 0 unspecified atom stereocenters. The van der Waals surface area contributed by atoms with Crippen LogP contribution in [-0.2, 0) is 26.2 Å². The van der Waals surface area contributed by atoms with Gasteiger partial charge >= 0.3 is 0 Å². The van der Waals surface area contributed by atoms with E-state index in [9.17, 15) is 0 Å². The van der Waals surface area contributed by atoms with Crippen LogP contribution in [0.25, 0.3) is 0 Å². The predicted octanol–water partition coefficient (Wildman–Crippen LogP) is -1.27. The monoisotopic (exact) mass is 232 g/mol. The van der Waals surface area contributed by atoms with E-state index in [1.165, 1.54) is 0 Å². The van der Waals surface area contributed by atoms with Gasteiger partial charge < -0.3 is 17.7 Å². The summed E-state index contributed by atoms with van der Waals surface area (Å²) in [6.45, 7) is 0. The van der Waals surface area contributed by atoms with Gasteiger partial charge in [-0.3, -0.25) is 0 Å². The van der Waals surface area contributed by atoms with Crippen molar-refractivity contribution in [2.24, 2.45) is 0 Å². The van der Waals surface area contributed by atoms with Crippen molar-refractivity contribution in [1.82, 2.24) is 0 Å². The number of nitrogens with one attached hydrogen (secondary N) is 1. The number of benzene rings is 1. The van der Waals surface area contributed by atoms with E-state index in [4.69, 9.17) is 0 Å². The topological polar surface area (TPSA) is 12.0 Å². The molecule has 0 amide bonds. The van der Waals surface area contributed by atoms with Crippen LogP contribution >= 0.6 is 0 Å². The van der Waals surface area contributed by atoms with Crippen molar-refractivity contribution in [1.29, 1.82) is 0 Å². The molecule has 54 valence electrons. The van der Waals surface area contributed by atoms with Crippen LogP contribution in [0.5, 0.6) is 0 Å². The quantitative estimate of drug-likeness (QED) is 0.638. The Kier molecular flexibility index (Phi) is 9.37. The summed E-state index contributed by atoms with van der Waals surface area (Å²) in [5.41, 5.74) is 1.16. The van der Waals surface area contributed by atoms with E-state index in [1.807, 2.05) is 37.4 Å². The van der Waals surface area contributed by atoms with Crippen LogP contribution in [0, 0.1) is 0 Å². The van der Waals surface area contributed by atoms with E-state index in [-0.39, 0.29) is 38.6 Å². The van der Waals surface area contributed by atoms with E-state index in [2.05, 4.69) is 5.32 Å². The van der Waals surface area contributed by atoms with Crippen molar-refractivity contribution in [3.8, 4) is 0 Å². The Balaban J connectivity index is 0. The zero-order valence-electron chi connectivity index (χ0n) is 5.76. The number of hydrogen-bond acceptors (Lipinski definition) is 1. The van der Waals surface area contributed by atoms with E-state index < -0.39 is 0 Å². The second-order valence-corrected chi connectivity index (χ2v) is 1.62. The zero-order valence-corrected chi connectivity index (χ0v) is 8.98. The van der Waals surface area contributed by atoms with Gasteiger partial charge in [0.2, 0.25) is 0 Å². The molecule has 0 aliphatic carbocycles. The Morgan fingerprint density at radius 3 is 1.90 bits per heavy atom. The minimum Gasteiger partial charge on any atom is -1.00 e. The van der Waals surface area contributed by atoms with Crippen molar-refractivity contribution in [3.05, 3.63) is 30.3 Å². The molecule has 1 aromatic rings. The number of halogens is 1. The maximum Gasteiger partial charge on any atom is 0.0337 e. The van der Waals surface area contributed by atoms with Gasteiger partial charge in [-0.15, -0.1) is 0 Å². The Labute approximate surface area is 86.7 Å². The zero-order chi connectivity index (χ0) is 5.82. The molecule has 10 heavy (non-hydrogen) atoms. The number of hydrogen-bond donors (Lipinski definition) is 1. The third-order valence-electron chi connectivity index (χ3n) is 1.06. The smallest absolute Gasteiger partial charge is 0.0337 e. The molecule has 1 nitrogen and oxygen atoms in total. The van der Waals surface area contributed by atoms with Crippen molar-refractivity contribution in [3.63, 3.8) is 0 Å². The summed E-state index contributed by atoms with van der Waals surface area (Å²) >= 11 is 0. The van der Waals surface area contributed by atoms with E-state index in [0.717, 1.165) is 5.69 Å². The molecule has 3 heteroatoms. The molecule has 0 saturated carbocycles. The van der Waals surface area contributed by atoms with Gasteiger partial charge in [0.1, 0.15) is 0 Å². The van der Waals surface area contributed by atoms with E-state index >= 15 is 0 Å². The molecule has 0 aromatic heterocycles. The van der Waals surface area contributed by atoms with Crippen molar-refractivity contribution >= 4 is 5.69 Å². The van der Waals surface area contributed by atoms with Gasteiger partial charge in [0.15, 0.2) is 0 Å². The molecule has 0 atom stereocenters. The van der Waals surface area contributed by atoms with Gasteiger partial charge in [-0.05, 0) is 12.1 Å². The molecule has 0 aliphatic heterocycles. The summed E-state index contributed by atoms with van der Waals surface area (Å²) < 4.78 is 0. The maximum atomic E-state index is 3.03. The molecule has 0 aliphatic rings. The van der Waals surface area contributed by atoms with Gasteiger partial charge in [0, 0.05) is 38.9 Å². The van der Waals surface area contributed by atoms with Crippen LogP contribution in [0.1, 0.15) is 0 Å². The summed E-state index contributed by atoms with van der Waals surface area (Å²) in [6.07, 6.45) is 0. The van der Waals surface area contributed by atoms with E-state index in [0.29, 0.717) is 0 Å². The number of para-hydroxylation sites is 1. The second-order valence-electron chi connectivity index (χ2n) is 1.62. The SMILES string of the molecule is CNc1ccccc1.[Cl-].[Zr]. The van der Waals surface area contributed by atoms with Crippen molar-refractivity contribution in [2.75, 3.05) is 12.4 Å². The van der Waals surface area contributed by atoms with Crippen LogP contribution in [0.15, 0.2) is 30.3 Å². The Morgan fingerprint density at radius 1 is 1.10 bits per heavy atom. The largest absolute Gasteiger partial charge is 1.00 e. The Morgan fingerprint density at radius 2 is 1.60 bits per heavy atom. The molecule has 1 aromatic carbocycles. The van der Waals surface area contributed by atoms with Crippen LogP contribution in [0.2, 0.25) is 0 Å². The molecule has 0 saturated heterocycles. The molecule has 0 fully saturated rings. The third-order valence-corrected chi connectivity index (χ3v) is 1.06. The second kappa shape index (κ2) is 7.30. The minimum atomic E-state index is 0. The predicted molar refractivity (Wildman–Crippen MR) is 36.0 cm³/mol. The summed E-state index contributed by atoms with van der Waals surface area (Å²) in [6, 6.07) is 10.1. The van der Waals surface area contributed by atoms with Gasteiger partial charge in [0.25, 0.3) is 0 Å². The average Bonchev–Trinajstić information content (AvgIpc) is 1.90. The normalized spacial score (nSPS) is 6.90. The standard InChI is InChI=1S/C7H9N.ClH.Zr/c1-8-7-5-3-2-4-6-7;;/h2-6,8H,1H3;1H;/p-1. The fourth-order valence-electron chi connectivity index (χ4n) is 0.605. The molecule has 0 radical (unpaired) electrons. The van der Waals surface area contributed by atoms with Crippen LogP contribution in [0.3, 0.4) is 0 Å². The first-order valence-corrected chi connectivity index (χ1v) is 2.66. The first-order valence-electron chi connectivity index (χ1n) is 2.66. The first-order chi connectivity index (χ1) is 3.93. The van der Waals surface area contributed by atoms with Gasteiger partial charge in [-0.1, -0.05) is 18.2 Å². The van der Waals surface area contributed by atoms with Crippen LogP contribution in [-0.4, -0.2) is 7.05 Å². The third kappa shape index (κ3) is 4.08. The Bertz CT molecular complexity index is 155. The fourth-order valence-corrected chi connectivity index (χ4v) is 0.605. The Hall–Kier alpha value is 0.193. The van der Waals surface area contributed by atoms with Crippen LogP contribution < -0.4 is 17.7 Å². The van der Waals surface area contributed by atoms with Crippen molar-refractivity contribution in [2.45, 2.75) is 0 Å². The molecule has 1 rings (SSSR count). The minimum absolute atomic E-state index is 0. The molecular formula is C7H9ClNZr-. The fraction of sp³-hybridized carbons (Fsp3) is 0.143. The molecule has 0 spiro atoms. The number of rotatable bonds is 1. The summed E-state index contributed by atoms with van der Waals surface area (Å²) in [7, 11) is 1.91.